The van der Waals surface area contributed by atoms with Crippen LogP contribution in [0.5, 0.6) is 0 Å². The first kappa shape index (κ1) is 9.92. The van der Waals surface area contributed by atoms with Crippen LogP contribution in [0.3, 0.4) is 0 Å². The van der Waals surface area contributed by atoms with E-state index in [9.17, 15) is 0 Å². The molecule has 0 radical (unpaired) electrons. The van der Waals surface area contributed by atoms with Crippen LogP contribution in [-0.2, 0) is 6.42 Å². The summed E-state index contributed by atoms with van der Waals surface area (Å²) in [6.07, 6.45) is 3.09. The van der Waals surface area contributed by atoms with E-state index in [1.165, 1.54) is 0 Å². The lowest BCUT2D eigenvalue weighted by Crippen LogP contribution is -2.21. The van der Waals surface area contributed by atoms with Crippen molar-refractivity contribution in [1.29, 1.82) is 0 Å². The third-order valence-corrected chi connectivity index (χ3v) is 2.17. The minimum absolute atomic E-state index is 0.0760. The van der Waals surface area contributed by atoms with Crippen molar-refractivity contribution in [2.75, 3.05) is 0 Å². The van der Waals surface area contributed by atoms with Crippen LogP contribution in [0.15, 0.2) is 27.3 Å². The maximum absolute atomic E-state index is 5.79. The van der Waals surface area contributed by atoms with E-state index in [0.717, 1.165) is 6.42 Å². The van der Waals surface area contributed by atoms with Crippen molar-refractivity contribution in [1.82, 2.24) is 10.1 Å². The number of hydrogen-bond acceptors (Lipinski definition) is 5. The number of furan rings is 1. The molecule has 2 aromatic rings. The molecule has 2 N–H and O–H groups in total. The van der Waals surface area contributed by atoms with Gasteiger partial charge in [0.05, 0.1) is 6.26 Å². The van der Waals surface area contributed by atoms with Gasteiger partial charge in [0.25, 0.3) is 5.89 Å². The van der Waals surface area contributed by atoms with E-state index >= 15 is 0 Å². The average molecular weight is 207 g/mol. The first-order valence-corrected chi connectivity index (χ1v) is 4.91. The third kappa shape index (κ3) is 2.24. The molecule has 5 heteroatoms. The van der Waals surface area contributed by atoms with Gasteiger partial charge in [-0.1, -0.05) is 12.1 Å². The van der Waals surface area contributed by atoms with E-state index < -0.39 is 0 Å². The molecule has 0 spiro atoms. The van der Waals surface area contributed by atoms with Gasteiger partial charge in [0.15, 0.2) is 11.6 Å². The molecule has 0 aliphatic carbocycles. The van der Waals surface area contributed by atoms with Crippen LogP contribution in [0.1, 0.15) is 19.2 Å². The van der Waals surface area contributed by atoms with Gasteiger partial charge in [-0.05, 0) is 18.6 Å². The summed E-state index contributed by atoms with van der Waals surface area (Å²) in [6.45, 7) is 2.03. The van der Waals surface area contributed by atoms with E-state index in [-0.39, 0.29) is 6.04 Å². The van der Waals surface area contributed by atoms with Crippen LogP contribution in [0, 0.1) is 0 Å². The van der Waals surface area contributed by atoms with Crippen LogP contribution < -0.4 is 5.73 Å². The van der Waals surface area contributed by atoms with Crippen molar-refractivity contribution < 1.29 is 8.94 Å². The highest BCUT2D eigenvalue weighted by Gasteiger charge is 2.12. The monoisotopic (exact) mass is 207 g/mol. The number of hydrogen-bond donors (Lipinski definition) is 1. The lowest BCUT2D eigenvalue weighted by molar-refractivity contribution is 0.406. The minimum Gasteiger partial charge on any atom is -0.459 e. The Morgan fingerprint density at radius 2 is 2.40 bits per heavy atom. The summed E-state index contributed by atoms with van der Waals surface area (Å²) in [6, 6.07) is 3.63. The molecule has 0 aliphatic heterocycles. The van der Waals surface area contributed by atoms with Crippen LogP contribution in [0.25, 0.3) is 11.7 Å². The smallest absolute Gasteiger partial charge is 0.293 e. The molecule has 0 saturated carbocycles. The Morgan fingerprint density at radius 1 is 1.53 bits per heavy atom. The van der Waals surface area contributed by atoms with E-state index in [2.05, 4.69) is 10.1 Å². The largest absolute Gasteiger partial charge is 0.459 e. The Bertz CT molecular complexity index is 408. The third-order valence-electron chi connectivity index (χ3n) is 2.17. The molecule has 15 heavy (non-hydrogen) atoms. The van der Waals surface area contributed by atoms with Crippen LogP contribution >= 0.6 is 0 Å². The van der Waals surface area contributed by atoms with E-state index in [1.807, 2.05) is 6.92 Å². The van der Waals surface area contributed by atoms with Crippen molar-refractivity contribution in [2.24, 2.45) is 5.73 Å². The lowest BCUT2D eigenvalue weighted by Gasteiger charge is -2.02. The van der Waals surface area contributed by atoms with E-state index in [0.29, 0.717) is 23.9 Å². The zero-order valence-corrected chi connectivity index (χ0v) is 8.51. The Hall–Kier alpha value is -1.62. The highest BCUT2D eigenvalue weighted by molar-refractivity contribution is 5.42. The first-order chi connectivity index (χ1) is 7.29. The van der Waals surface area contributed by atoms with Crippen LogP contribution in [-0.4, -0.2) is 16.2 Å². The summed E-state index contributed by atoms with van der Waals surface area (Å²) >= 11 is 0. The van der Waals surface area contributed by atoms with Gasteiger partial charge >= 0.3 is 0 Å². The molecular formula is C10H13N3O2. The molecular weight excluding hydrogens is 194 g/mol. The zero-order chi connectivity index (χ0) is 10.7. The predicted molar refractivity (Wildman–Crippen MR) is 54.0 cm³/mol. The second-order valence-electron chi connectivity index (χ2n) is 3.37. The summed E-state index contributed by atoms with van der Waals surface area (Å²) in [5.74, 6) is 1.60. The number of nitrogens with two attached hydrogens (primary N) is 1. The second-order valence-corrected chi connectivity index (χ2v) is 3.37. The van der Waals surface area contributed by atoms with Gasteiger partial charge in [0.2, 0.25) is 0 Å². The fourth-order valence-corrected chi connectivity index (χ4v) is 1.22. The molecule has 0 aliphatic rings. The number of rotatable bonds is 4. The lowest BCUT2D eigenvalue weighted by atomic mass is 10.2. The SMILES string of the molecule is CCC(N)Cc1noc(-c2ccco2)n1. The minimum atomic E-state index is 0.0760. The highest BCUT2D eigenvalue weighted by Crippen LogP contribution is 2.17. The first-order valence-electron chi connectivity index (χ1n) is 4.91. The summed E-state index contributed by atoms with van der Waals surface area (Å²) in [4.78, 5) is 4.19. The van der Waals surface area contributed by atoms with Crippen molar-refractivity contribution in [3.8, 4) is 11.7 Å². The standard InChI is InChI=1S/C10H13N3O2/c1-2-7(11)6-9-12-10(15-13-9)8-4-3-5-14-8/h3-5,7H,2,6,11H2,1H3. The summed E-state index contributed by atoms with van der Waals surface area (Å²) < 4.78 is 10.2. The van der Waals surface area contributed by atoms with Crippen molar-refractivity contribution in [2.45, 2.75) is 25.8 Å². The molecule has 0 bridgehead atoms. The summed E-state index contributed by atoms with van der Waals surface area (Å²) in [7, 11) is 0. The predicted octanol–water partition coefficient (Wildman–Crippen LogP) is 1.61. The molecule has 2 heterocycles. The zero-order valence-electron chi connectivity index (χ0n) is 8.51. The maximum atomic E-state index is 5.79. The van der Waals surface area contributed by atoms with E-state index in [4.69, 9.17) is 14.7 Å². The van der Waals surface area contributed by atoms with Gasteiger partial charge in [-0.3, -0.25) is 0 Å². The van der Waals surface area contributed by atoms with Crippen molar-refractivity contribution >= 4 is 0 Å². The topological polar surface area (TPSA) is 78.1 Å². The van der Waals surface area contributed by atoms with Crippen LogP contribution in [0.4, 0.5) is 0 Å². The number of nitrogens with zero attached hydrogens (tertiary/aromatic N) is 2. The molecule has 2 rings (SSSR count). The molecule has 1 atom stereocenters. The summed E-state index contributed by atoms with van der Waals surface area (Å²) in [5, 5.41) is 3.83. The Balaban J connectivity index is 2.11. The van der Waals surface area contributed by atoms with Gasteiger partial charge in [-0.2, -0.15) is 4.98 Å². The fourth-order valence-electron chi connectivity index (χ4n) is 1.22. The molecule has 1 unspecified atom stereocenters. The van der Waals surface area contributed by atoms with Gasteiger partial charge in [0.1, 0.15) is 0 Å². The molecule has 0 aromatic carbocycles. The molecule has 2 aromatic heterocycles. The highest BCUT2D eigenvalue weighted by atomic mass is 16.5. The van der Waals surface area contributed by atoms with Crippen LogP contribution in [0.2, 0.25) is 0 Å². The Morgan fingerprint density at radius 3 is 3.07 bits per heavy atom. The number of aromatic nitrogens is 2. The normalized spacial score (nSPS) is 12.9. The quantitative estimate of drug-likeness (QED) is 0.823. The molecule has 0 amide bonds. The van der Waals surface area contributed by atoms with Gasteiger partial charge in [0, 0.05) is 12.5 Å². The fraction of sp³-hybridized carbons (Fsp3) is 0.400. The molecule has 80 valence electrons. The van der Waals surface area contributed by atoms with Gasteiger partial charge < -0.3 is 14.7 Å². The van der Waals surface area contributed by atoms with E-state index in [1.54, 1.807) is 18.4 Å². The Kier molecular flexibility index (Phi) is 2.82. The second kappa shape index (κ2) is 4.27. The van der Waals surface area contributed by atoms with Gasteiger partial charge in [-0.15, -0.1) is 0 Å². The van der Waals surface area contributed by atoms with Crippen molar-refractivity contribution in [3.05, 3.63) is 24.2 Å². The molecule has 0 fully saturated rings. The van der Waals surface area contributed by atoms with Crippen molar-refractivity contribution in [3.63, 3.8) is 0 Å². The summed E-state index contributed by atoms with van der Waals surface area (Å²) in [5.41, 5.74) is 5.79. The Labute approximate surface area is 87.3 Å². The van der Waals surface area contributed by atoms with Gasteiger partial charge in [-0.25, -0.2) is 0 Å². The molecule has 5 nitrogen and oxygen atoms in total. The maximum Gasteiger partial charge on any atom is 0.293 e. The average Bonchev–Trinajstić information content (AvgIpc) is 2.85. The molecule has 0 saturated heterocycles.